The lowest BCUT2D eigenvalue weighted by Gasteiger charge is -2.30. The lowest BCUT2D eigenvalue weighted by Crippen LogP contribution is -2.25. The van der Waals surface area contributed by atoms with Gasteiger partial charge >= 0.3 is 0 Å². The molecule has 2 aliphatic carbocycles. The topological polar surface area (TPSA) is 12.9 Å². The molecule has 0 bridgehead atoms. The molecular weight excluding hydrogens is 615 g/mol. The van der Waals surface area contributed by atoms with Gasteiger partial charge in [0, 0.05) is 17.3 Å². The zero-order chi connectivity index (χ0) is 33.5. The third kappa shape index (κ3) is 3.83. The van der Waals surface area contributed by atoms with Crippen molar-refractivity contribution in [1.82, 2.24) is 4.98 Å². The maximum atomic E-state index is 5.20. The minimum atomic E-state index is -0.368. The molecule has 0 N–H and O–H groups in total. The van der Waals surface area contributed by atoms with Crippen LogP contribution >= 0.6 is 0 Å². The summed E-state index contributed by atoms with van der Waals surface area (Å²) in [6.07, 6.45) is 2.07. The minimum Gasteiger partial charge on any atom is -0.256 e. The Morgan fingerprint density at radius 1 is 0.314 bits per heavy atom. The smallest absolute Gasteiger partial charge is 0.0725 e. The molecule has 1 spiro atoms. The number of hydrogen-bond donors (Lipinski definition) is 0. The van der Waals surface area contributed by atoms with E-state index in [1.807, 2.05) is 0 Å². The SMILES string of the molecule is c1ccc(-c2c3ccccc3c(-c3ccc(-c4ccc5c(c4)C4(c6ccccc6-c6ccccc64)c4ccccc4-5)nc3)c3ccccc23)cc1. The standard InChI is InChI=1S/C50H31N/c1-2-14-32(15-3-1)48-39-19-4-6-21-41(39)49(42-22-7-5-20-40(42)48)34-27-29-47(51-31-34)33-26-28-38-37-18-10-13-25-45(37)50(46(38)30-33)43-23-11-8-16-35(43)36-17-9-12-24-44(36)50/h1-31H. The van der Waals surface area contributed by atoms with Crippen molar-refractivity contribution in [2.24, 2.45) is 0 Å². The Bertz CT molecular complexity index is 2720. The molecule has 0 unspecified atom stereocenters. The van der Waals surface area contributed by atoms with Gasteiger partial charge in [-0.3, -0.25) is 4.98 Å². The molecule has 0 aliphatic heterocycles. The van der Waals surface area contributed by atoms with Crippen LogP contribution in [0.3, 0.4) is 0 Å². The average Bonchev–Trinajstić information content (AvgIpc) is 3.67. The molecule has 0 saturated carbocycles. The summed E-state index contributed by atoms with van der Waals surface area (Å²) in [5.41, 5.74) is 17.2. The van der Waals surface area contributed by atoms with Crippen molar-refractivity contribution in [1.29, 1.82) is 0 Å². The fraction of sp³-hybridized carbons (Fsp3) is 0.0200. The van der Waals surface area contributed by atoms with Crippen LogP contribution < -0.4 is 0 Å². The van der Waals surface area contributed by atoms with Crippen molar-refractivity contribution < 1.29 is 0 Å². The molecule has 0 amide bonds. The molecule has 0 fully saturated rings. The Hall–Kier alpha value is -6.57. The second kappa shape index (κ2) is 10.7. The predicted molar refractivity (Wildman–Crippen MR) is 212 cm³/mol. The van der Waals surface area contributed by atoms with Crippen LogP contribution in [-0.4, -0.2) is 4.98 Å². The van der Waals surface area contributed by atoms with Gasteiger partial charge in [-0.15, -0.1) is 0 Å². The van der Waals surface area contributed by atoms with E-state index in [9.17, 15) is 0 Å². The zero-order valence-electron chi connectivity index (χ0n) is 27.8. The number of aromatic nitrogens is 1. The third-order valence-electron chi connectivity index (χ3n) is 11.3. The molecule has 9 aromatic rings. The van der Waals surface area contributed by atoms with E-state index in [0.29, 0.717) is 0 Å². The Labute approximate surface area is 297 Å². The van der Waals surface area contributed by atoms with Gasteiger partial charge in [-0.05, 0) is 94.9 Å². The molecule has 1 heteroatoms. The summed E-state index contributed by atoms with van der Waals surface area (Å²) >= 11 is 0. The van der Waals surface area contributed by atoms with Crippen molar-refractivity contribution in [2.45, 2.75) is 5.41 Å². The van der Waals surface area contributed by atoms with Crippen molar-refractivity contribution >= 4 is 21.5 Å². The summed E-state index contributed by atoms with van der Waals surface area (Å²) in [6.45, 7) is 0. The molecule has 1 nitrogen and oxygen atoms in total. The first-order valence-electron chi connectivity index (χ1n) is 17.7. The van der Waals surface area contributed by atoms with Gasteiger partial charge in [0.25, 0.3) is 0 Å². The number of fused-ring (bicyclic) bond motifs is 12. The molecule has 2 aliphatic rings. The number of rotatable bonds is 3. The first kappa shape index (κ1) is 28.3. The quantitative estimate of drug-likeness (QED) is 0.174. The lowest BCUT2D eigenvalue weighted by molar-refractivity contribution is 0.794. The highest BCUT2D eigenvalue weighted by Crippen LogP contribution is 2.63. The molecule has 51 heavy (non-hydrogen) atoms. The van der Waals surface area contributed by atoms with Gasteiger partial charge in [0.2, 0.25) is 0 Å². The summed E-state index contributed by atoms with van der Waals surface area (Å²) in [7, 11) is 0. The Morgan fingerprint density at radius 2 is 0.745 bits per heavy atom. The molecule has 1 heterocycles. The van der Waals surface area contributed by atoms with Gasteiger partial charge < -0.3 is 0 Å². The van der Waals surface area contributed by atoms with E-state index >= 15 is 0 Å². The predicted octanol–water partition coefficient (Wildman–Crippen LogP) is 12.7. The van der Waals surface area contributed by atoms with Crippen molar-refractivity contribution in [3.05, 3.63) is 210 Å². The molecule has 0 atom stereocenters. The van der Waals surface area contributed by atoms with E-state index in [0.717, 1.165) is 16.8 Å². The van der Waals surface area contributed by atoms with Gasteiger partial charge in [-0.1, -0.05) is 170 Å². The van der Waals surface area contributed by atoms with Gasteiger partial charge in [0.1, 0.15) is 0 Å². The fourth-order valence-electron chi connectivity index (χ4n) is 9.32. The Kier molecular flexibility index (Phi) is 5.94. The molecule has 0 radical (unpaired) electrons. The normalized spacial score (nSPS) is 13.3. The van der Waals surface area contributed by atoms with Gasteiger partial charge in [-0.2, -0.15) is 0 Å². The summed E-state index contributed by atoms with van der Waals surface area (Å²) < 4.78 is 0. The van der Waals surface area contributed by atoms with Crippen LogP contribution in [0.15, 0.2) is 188 Å². The van der Waals surface area contributed by atoms with Crippen molar-refractivity contribution in [2.75, 3.05) is 0 Å². The van der Waals surface area contributed by atoms with E-state index in [4.69, 9.17) is 4.98 Å². The van der Waals surface area contributed by atoms with E-state index in [2.05, 4.69) is 188 Å². The molecule has 8 aromatic carbocycles. The number of nitrogens with zero attached hydrogens (tertiary/aromatic N) is 1. The Balaban J connectivity index is 1.09. The van der Waals surface area contributed by atoms with E-state index in [-0.39, 0.29) is 5.41 Å². The maximum absolute atomic E-state index is 5.20. The molecule has 11 rings (SSSR count). The second-order valence-corrected chi connectivity index (χ2v) is 13.8. The third-order valence-corrected chi connectivity index (χ3v) is 11.3. The van der Waals surface area contributed by atoms with Gasteiger partial charge in [0.05, 0.1) is 11.1 Å². The van der Waals surface area contributed by atoms with Crippen LogP contribution in [0.25, 0.3) is 77.3 Å². The van der Waals surface area contributed by atoms with Gasteiger partial charge in [-0.25, -0.2) is 0 Å². The maximum Gasteiger partial charge on any atom is 0.0725 e. The van der Waals surface area contributed by atoms with E-state index in [1.165, 1.54) is 82.7 Å². The van der Waals surface area contributed by atoms with Gasteiger partial charge in [0.15, 0.2) is 0 Å². The molecule has 0 saturated heterocycles. The van der Waals surface area contributed by atoms with Crippen molar-refractivity contribution in [3.8, 4) is 55.8 Å². The summed E-state index contributed by atoms with van der Waals surface area (Å²) in [5.74, 6) is 0. The first-order valence-corrected chi connectivity index (χ1v) is 17.7. The molecule has 1 aromatic heterocycles. The van der Waals surface area contributed by atoms with E-state index < -0.39 is 0 Å². The van der Waals surface area contributed by atoms with Crippen molar-refractivity contribution in [3.63, 3.8) is 0 Å². The highest BCUT2D eigenvalue weighted by molar-refractivity contribution is 6.21. The average molecular weight is 646 g/mol. The number of benzene rings is 8. The monoisotopic (exact) mass is 645 g/mol. The molecule has 236 valence electrons. The second-order valence-electron chi connectivity index (χ2n) is 13.8. The van der Waals surface area contributed by atoms with Crippen LogP contribution in [0.1, 0.15) is 22.3 Å². The van der Waals surface area contributed by atoms with Crippen LogP contribution in [0.5, 0.6) is 0 Å². The van der Waals surface area contributed by atoms with E-state index in [1.54, 1.807) is 0 Å². The largest absolute Gasteiger partial charge is 0.256 e. The molecular formula is C50H31N. The summed E-state index contributed by atoms with van der Waals surface area (Å²) in [5, 5.41) is 4.98. The van der Waals surface area contributed by atoms with Crippen LogP contribution in [-0.2, 0) is 5.41 Å². The minimum absolute atomic E-state index is 0.368. The fourth-order valence-corrected chi connectivity index (χ4v) is 9.32. The number of hydrogen-bond acceptors (Lipinski definition) is 1. The highest BCUT2D eigenvalue weighted by Gasteiger charge is 2.51. The van der Waals surface area contributed by atoms with Crippen LogP contribution in [0.4, 0.5) is 0 Å². The van der Waals surface area contributed by atoms with Crippen LogP contribution in [0.2, 0.25) is 0 Å². The highest BCUT2D eigenvalue weighted by atomic mass is 14.7. The van der Waals surface area contributed by atoms with Crippen LogP contribution in [0, 0.1) is 0 Å². The number of pyridine rings is 1. The zero-order valence-corrected chi connectivity index (χ0v) is 27.8. The summed E-state index contributed by atoms with van der Waals surface area (Å²) in [4.78, 5) is 5.20. The lowest BCUT2D eigenvalue weighted by atomic mass is 9.70. The Morgan fingerprint density at radius 3 is 1.25 bits per heavy atom. The first-order chi connectivity index (χ1) is 25.3. The summed E-state index contributed by atoms with van der Waals surface area (Å²) in [6, 6.07) is 66.8.